The summed E-state index contributed by atoms with van der Waals surface area (Å²) in [4.78, 5) is 2.39. The number of hydrogen-bond donors (Lipinski definition) is 0. The fourth-order valence-corrected chi connectivity index (χ4v) is 5.77. The van der Waals surface area contributed by atoms with Gasteiger partial charge in [-0.1, -0.05) is 35.9 Å². The van der Waals surface area contributed by atoms with Crippen LogP contribution in [0.1, 0.15) is 0 Å². The van der Waals surface area contributed by atoms with Crippen LogP contribution in [0, 0.1) is 4.77 Å². The van der Waals surface area contributed by atoms with Crippen LogP contribution in [0.3, 0.4) is 0 Å². The molecule has 3 aromatic rings. The highest BCUT2D eigenvalue weighted by Gasteiger charge is 2.30. The minimum absolute atomic E-state index is 0.168. The molecule has 0 bridgehead atoms. The van der Waals surface area contributed by atoms with Crippen LogP contribution >= 0.6 is 23.8 Å². The summed E-state index contributed by atoms with van der Waals surface area (Å²) in [5.74, 6) is 0. The summed E-state index contributed by atoms with van der Waals surface area (Å²) in [7, 11) is -1.62. The zero-order valence-corrected chi connectivity index (χ0v) is 17.8. The van der Waals surface area contributed by atoms with E-state index in [4.69, 9.17) is 23.8 Å². The molecule has 1 fully saturated rings. The minimum Gasteiger partial charge on any atom is -0.320 e. The third kappa shape index (κ3) is 3.40. The smallest absolute Gasteiger partial charge is 0.244 e. The molecule has 6 nitrogen and oxygen atoms in total. The molecule has 0 spiro atoms. The summed E-state index contributed by atoms with van der Waals surface area (Å²) in [6.07, 6.45) is 0. The molecule has 1 aromatic heterocycles. The third-order valence-corrected chi connectivity index (χ3v) is 8.07. The number of rotatable bonds is 4. The van der Waals surface area contributed by atoms with Gasteiger partial charge in [-0.25, -0.2) is 8.42 Å². The molecular formula is C19H21ClN4O2S2. The van der Waals surface area contributed by atoms with Gasteiger partial charge in [0.25, 0.3) is 0 Å². The second-order valence-electron chi connectivity index (χ2n) is 6.85. The van der Waals surface area contributed by atoms with Crippen molar-refractivity contribution in [2.24, 2.45) is 7.05 Å². The van der Waals surface area contributed by atoms with Crippen molar-refractivity contribution in [3.05, 3.63) is 58.3 Å². The molecule has 1 aliphatic rings. The molecule has 0 N–H and O–H groups in total. The molecule has 1 saturated heterocycles. The molecule has 4 rings (SSSR count). The number of hydrogen-bond acceptors (Lipinski definition) is 4. The first-order valence-corrected chi connectivity index (χ1v) is 11.2. The summed E-state index contributed by atoms with van der Waals surface area (Å²) in [6.45, 7) is 2.75. The Balaban J connectivity index is 1.51. The normalized spacial score (nSPS) is 16.6. The van der Waals surface area contributed by atoms with Crippen LogP contribution in [0.5, 0.6) is 0 Å². The van der Waals surface area contributed by atoms with Gasteiger partial charge >= 0.3 is 0 Å². The SMILES string of the molecule is Cn1c(=S)n(CN2CCN(S(=O)(=O)c3ccccc3Cl)CC2)c2ccccc21. The number of sulfonamides is 1. The van der Waals surface area contributed by atoms with Crippen LogP contribution < -0.4 is 0 Å². The fraction of sp³-hybridized carbons (Fsp3) is 0.316. The van der Waals surface area contributed by atoms with E-state index >= 15 is 0 Å². The van der Waals surface area contributed by atoms with Crippen LogP contribution in [0.4, 0.5) is 0 Å². The van der Waals surface area contributed by atoms with Crippen molar-refractivity contribution in [2.45, 2.75) is 11.6 Å². The zero-order valence-electron chi connectivity index (χ0n) is 15.5. The van der Waals surface area contributed by atoms with Crippen molar-refractivity contribution in [1.82, 2.24) is 18.3 Å². The van der Waals surface area contributed by atoms with Gasteiger partial charge in [0.05, 0.1) is 22.7 Å². The summed E-state index contributed by atoms with van der Waals surface area (Å²) >= 11 is 11.7. The monoisotopic (exact) mass is 436 g/mol. The second kappa shape index (κ2) is 7.61. The highest BCUT2D eigenvalue weighted by atomic mass is 35.5. The zero-order chi connectivity index (χ0) is 19.9. The molecule has 28 heavy (non-hydrogen) atoms. The van der Waals surface area contributed by atoms with E-state index in [1.807, 2.05) is 23.7 Å². The van der Waals surface area contributed by atoms with Crippen LogP contribution in [0.25, 0.3) is 11.0 Å². The van der Waals surface area contributed by atoms with Gasteiger partial charge in [0.2, 0.25) is 10.0 Å². The lowest BCUT2D eigenvalue weighted by atomic mass is 10.3. The van der Waals surface area contributed by atoms with Gasteiger partial charge in [0, 0.05) is 33.2 Å². The predicted octanol–water partition coefficient (Wildman–Crippen LogP) is 3.33. The highest BCUT2D eigenvalue weighted by molar-refractivity contribution is 7.89. The number of fused-ring (bicyclic) bond motifs is 1. The number of para-hydroxylation sites is 2. The number of benzene rings is 2. The first-order chi connectivity index (χ1) is 13.4. The van der Waals surface area contributed by atoms with Crippen molar-refractivity contribution in [2.75, 3.05) is 26.2 Å². The summed E-state index contributed by atoms with van der Waals surface area (Å²) in [6, 6.07) is 14.7. The second-order valence-corrected chi connectivity index (χ2v) is 9.53. The molecule has 0 radical (unpaired) electrons. The third-order valence-electron chi connectivity index (χ3n) is 5.18. The van der Waals surface area contributed by atoms with E-state index in [0.717, 1.165) is 15.8 Å². The van der Waals surface area contributed by atoms with Crippen molar-refractivity contribution in [3.8, 4) is 0 Å². The van der Waals surface area contributed by atoms with E-state index in [-0.39, 0.29) is 9.92 Å². The Kier molecular flexibility index (Phi) is 5.32. The van der Waals surface area contributed by atoms with Crippen LogP contribution in [-0.4, -0.2) is 52.9 Å². The Morgan fingerprint density at radius 1 is 0.964 bits per heavy atom. The maximum Gasteiger partial charge on any atom is 0.244 e. The Hall–Kier alpha value is -1.71. The molecule has 2 heterocycles. The van der Waals surface area contributed by atoms with E-state index in [1.165, 1.54) is 4.31 Å². The molecule has 9 heteroatoms. The van der Waals surface area contributed by atoms with E-state index in [0.29, 0.717) is 32.8 Å². The predicted molar refractivity (Wildman–Crippen MR) is 114 cm³/mol. The highest BCUT2D eigenvalue weighted by Crippen LogP contribution is 2.25. The van der Waals surface area contributed by atoms with E-state index in [9.17, 15) is 8.42 Å². The molecular weight excluding hydrogens is 416 g/mol. The van der Waals surface area contributed by atoms with E-state index in [2.05, 4.69) is 21.6 Å². The van der Waals surface area contributed by atoms with Gasteiger partial charge in [-0.2, -0.15) is 4.31 Å². The van der Waals surface area contributed by atoms with Gasteiger partial charge < -0.3 is 9.13 Å². The molecule has 0 amide bonds. The molecule has 0 saturated carbocycles. The first kappa shape index (κ1) is 19.6. The van der Waals surface area contributed by atoms with E-state index in [1.54, 1.807) is 24.3 Å². The number of piperazine rings is 1. The fourth-order valence-electron chi connectivity index (χ4n) is 3.60. The average molecular weight is 437 g/mol. The summed E-state index contributed by atoms with van der Waals surface area (Å²) in [5, 5.41) is 0.256. The summed E-state index contributed by atoms with van der Waals surface area (Å²) < 4.78 is 32.2. The lowest BCUT2D eigenvalue weighted by Gasteiger charge is -2.34. The molecule has 2 aromatic carbocycles. The van der Waals surface area contributed by atoms with Gasteiger partial charge in [0.15, 0.2) is 4.77 Å². The number of halogens is 1. The Labute approximate surface area is 174 Å². The Morgan fingerprint density at radius 3 is 2.25 bits per heavy atom. The largest absolute Gasteiger partial charge is 0.320 e. The molecule has 0 atom stereocenters. The maximum absolute atomic E-state index is 12.9. The van der Waals surface area contributed by atoms with E-state index < -0.39 is 10.0 Å². The standard InChI is InChI=1S/C19H21ClN4O2S2/c1-21-16-7-3-4-8-17(16)24(19(21)27)14-22-10-12-23(13-11-22)28(25,26)18-9-5-2-6-15(18)20/h2-9H,10-14H2,1H3. The number of nitrogens with zero attached hydrogens (tertiary/aromatic N) is 4. The quantitative estimate of drug-likeness (QED) is 0.589. The lowest BCUT2D eigenvalue weighted by Crippen LogP contribution is -2.48. The molecule has 1 aliphatic heterocycles. The van der Waals surface area contributed by atoms with Crippen LogP contribution in [0.15, 0.2) is 53.4 Å². The average Bonchev–Trinajstić information content (AvgIpc) is 2.94. The van der Waals surface area contributed by atoms with Crippen LogP contribution in [0.2, 0.25) is 5.02 Å². The molecule has 148 valence electrons. The lowest BCUT2D eigenvalue weighted by molar-refractivity contribution is 0.153. The minimum atomic E-state index is -3.58. The molecule has 0 aliphatic carbocycles. The van der Waals surface area contributed by atoms with Crippen molar-refractivity contribution in [3.63, 3.8) is 0 Å². The van der Waals surface area contributed by atoms with Gasteiger partial charge in [0.1, 0.15) is 4.90 Å². The number of aryl methyl sites for hydroxylation is 1. The first-order valence-electron chi connectivity index (χ1n) is 9.01. The topological polar surface area (TPSA) is 50.5 Å². The number of aromatic nitrogens is 2. The van der Waals surface area contributed by atoms with Crippen molar-refractivity contribution in [1.29, 1.82) is 0 Å². The Bertz CT molecular complexity index is 1180. The number of imidazole rings is 1. The van der Waals surface area contributed by atoms with Gasteiger partial charge in [-0.15, -0.1) is 0 Å². The maximum atomic E-state index is 12.9. The van der Waals surface area contributed by atoms with Crippen molar-refractivity contribution >= 4 is 44.9 Å². The van der Waals surface area contributed by atoms with Crippen LogP contribution in [-0.2, 0) is 23.7 Å². The van der Waals surface area contributed by atoms with Crippen molar-refractivity contribution < 1.29 is 8.42 Å². The van der Waals surface area contributed by atoms with Gasteiger partial charge in [-0.05, 0) is 36.5 Å². The van der Waals surface area contributed by atoms with Gasteiger partial charge in [-0.3, -0.25) is 4.90 Å². The summed E-state index contributed by atoms with van der Waals surface area (Å²) in [5.41, 5.74) is 2.17. The Morgan fingerprint density at radius 2 is 1.57 bits per heavy atom. The molecule has 0 unspecified atom stereocenters.